The second-order valence-corrected chi connectivity index (χ2v) is 3.80. The topological polar surface area (TPSA) is 43.8 Å². The molecule has 18 heavy (non-hydrogen) atoms. The summed E-state index contributed by atoms with van der Waals surface area (Å²) in [5, 5.41) is 0. The largest absolute Gasteiger partial charge is 0.450 e. The lowest BCUT2D eigenvalue weighted by atomic mass is 10.3. The Morgan fingerprint density at radius 2 is 1.83 bits per heavy atom. The predicted molar refractivity (Wildman–Crippen MR) is 61.3 cm³/mol. The van der Waals surface area contributed by atoms with Gasteiger partial charge in [0, 0.05) is 18.3 Å². The number of halogens is 3. The van der Waals surface area contributed by atoms with E-state index in [1.165, 1.54) is 6.20 Å². The van der Waals surface area contributed by atoms with E-state index < -0.39 is 12.0 Å². The van der Waals surface area contributed by atoms with E-state index in [2.05, 4.69) is 4.98 Å². The van der Waals surface area contributed by atoms with Crippen molar-refractivity contribution in [2.24, 2.45) is 5.73 Å². The minimum absolute atomic E-state index is 0.267. The first kappa shape index (κ1) is 12.6. The Labute approximate surface area is 102 Å². The average molecular weight is 255 g/mol. The van der Waals surface area contributed by atoms with E-state index in [0.29, 0.717) is 17.8 Å². The molecule has 2 N–H and O–H groups in total. The van der Waals surface area contributed by atoms with Crippen LogP contribution >= 0.6 is 0 Å². The van der Waals surface area contributed by atoms with E-state index in [0.717, 1.165) is 4.57 Å². The predicted octanol–water partition coefficient (Wildman–Crippen LogP) is 2.39. The Morgan fingerprint density at radius 1 is 1.17 bits per heavy atom. The lowest BCUT2D eigenvalue weighted by molar-refractivity contribution is -0.146. The summed E-state index contributed by atoms with van der Waals surface area (Å²) in [5.74, 6) is -0.919. The van der Waals surface area contributed by atoms with Gasteiger partial charge in [0.15, 0.2) is 0 Å². The normalized spacial score (nSPS) is 11.8. The average Bonchev–Trinajstić information content (AvgIpc) is 2.75. The Balaban J connectivity index is 2.51. The highest BCUT2D eigenvalue weighted by Gasteiger charge is 2.37. The zero-order valence-corrected chi connectivity index (χ0v) is 9.48. The van der Waals surface area contributed by atoms with Gasteiger partial charge in [-0.15, -0.1) is 0 Å². The zero-order chi connectivity index (χ0) is 13.2. The van der Waals surface area contributed by atoms with Crippen LogP contribution in [-0.2, 0) is 12.6 Å². The van der Waals surface area contributed by atoms with Crippen LogP contribution in [0.1, 0.15) is 11.5 Å². The number of nitrogens with zero attached hydrogens (tertiary/aromatic N) is 2. The van der Waals surface area contributed by atoms with Gasteiger partial charge in [-0.2, -0.15) is 13.2 Å². The Hall–Kier alpha value is -1.82. The van der Waals surface area contributed by atoms with Gasteiger partial charge in [-0.1, -0.05) is 18.2 Å². The molecule has 2 aromatic rings. The highest BCUT2D eigenvalue weighted by Crippen LogP contribution is 2.30. The lowest BCUT2D eigenvalue weighted by Crippen LogP contribution is -2.13. The van der Waals surface area contributed by atoms with Gasteiger partial charge in [-0.05, 0) is 18.7 Å². The van der Waals surface area contributed by atoms with Gasteiger partial charge in [-0.25, -0.2) is 4.98 Å². The Kier molecular flexibility index (Phi) is 3.38. The molecule has 0 fully saturated rings. The van der Waals surface area contributed by atoms with E-state index in [1.807, 2.05) is 0 Å². The maximum absolute atomic E-state index is 12.9. The van der Waals surface area contributed by atoms with Crippen molar-refractivity contribution in [3.05, 3.63) is 48.0 Å². The Morgan fingerprint density at radius 3 is 2.39 bits per heavy atom. The molecule has 0 saturated heterocycles. The molecule has 6 heteroatoms. The second kappa shape index (κ2) is 4.81. The molecule has 0 aliphatic carbocycles. The molecule has 0 spiro atoms. The summed E-state index contributed by atoms with van der Waals surface area (Å²) >= 11 is 0. The summed E-state index contributed by atoms with van der Waals surface area (Å²) in [6.07, 6.45) is -2.78. The fourth-order valence-corrected chi connectivity index (χ4v) is 1.68. The number of nitrogens with two attached hydrogens (primary N) is 1. The molecule has 0 amide bonds. The van der Waals surface area contributed by atoms with Crippen molar-refractivity contribution >= 4 is 0 Å². The molecule has 0 atom stereocenters. The molecule has 0 aliphatic heterocycles. The van der Waals surface area contributed by atoms with E-state index in [-0.39, 0.29) is 6.54 Å². The van der Waals surface area contributed by atoms with Crippen molar-refractivity contribution in [2.45, 2.75) is 12.6 Å². The molecule has 1 aromatic carbocycles. The number of hydrogen-bond donors (Lipinski definition) is 1. The van der Waals surface area contributed by atoms with Crippen molar-refractivity contribution in [3.63, 3.8) is 0 Å². The smallest absolute Gasteiger partial charge is 0.330 e. The zero-order valence-electron chi connectivity index (χ0n) is 9.48. The maximum atomic E-state index is 12.9. The third-order valence-corrected chi connectivity index (χ3v) is 2.44. The van der Waals surface area contributed by atoms with Crippen LogP contribution in [0.4, 0.5) is 13.2 Å². The summed E-state index contributed by atoms with van der Waals surface area (Å²) in [4.78, 5) is 3.61. The Bertz CT molecular complexity index is 517. The first-order chi connectivity index (χ1) is 8.52. The third-order valence-electron chi connectivity index (χ3n) is 2.44. The first-order valence-corrected chi connectivity index (χ1v) is 5.43. The molecule has 1 aromatic heterocycles. The van der Waals surface area contributed by atoms with Crippen molar-refractivity contribution < 1.29 is 13.2 Å². The molecule has 0 radical (unpaired) electrons. The molecular formula is C12H12F3N3. The van der Waals surface area contributed by atoms with Crippen LogP contribution in [0.2, 0.25) is 0 Å². The van der Waals surface area contributed by atoms with Gasteiger partial charge in [0.2, 0.25) is 5.82 Å². The van der Waals surface area contributed by atoms with Crippen molar-refractivity contribution in [2.75, 3.05) is 6.54 Å². The summed E-state index contributed by atoms with van der Waals surface area (Å²) in [6.45, 7) is 0.267. The molecule has 0 bridgehead atoms. The molecule has 0 aliphatic rings. The van der Waals surface area contributed by atoms with E-state index in [4.69, 9.17) is 5.73 Å². The molecule has 0 saturated carbocycles. The number of benzene rings is 1. The van der Waals surface area contributed by atoms with Crippen LogP contribution in [0.5, 0.6) is 0 Å². The SMILES string of the molecule is NCCc1cn(-c2ccccc2)c(C(F)(F)F)n1. The van der Waals surface area contributed by atoms with Crippen LogP contribution < -0.4 is 5.73 Å². The minimum atomic E-state index is -4.48. The monoisotopic (exact) mass is 255 g/mol. The van der Waals surface area contributed by atoms with E-state index in [9.17, 15) is 13.2 Å². The highest BCUT2D eigenvalue weighted by atomic mass is 19.4. The summed E-state index contributed by atoms with van der Waals surface area (Å²) in [6, 6.07) is 8.30. The molecule has 3 nitrogen and oxygen atoms in total. The number of rotatable bonds is 3. The lowest BCUT2D eigenvalue weighted by Gasteiger charge is -2.09. The van der Waals surface area contributed by atoms with Gasteiger partial charge >= 0.3 is 6.18 Å². The van der Waals surface area contributed by atoms with Crippen LogP contribution in [-0.4, -0.2) is 16.1 Å². The third kappa shape index (κ3) is 2.53. The summed E-state index contributed by atoms with van der Waals surface area (Å²) in [5.41, 5.74) is 6.11. The van der Waals surface area contributed by atoms with Gasteiger partial charge < -0.3 is 5.73 Å². The highest BCUT2D eigenvalue weighted by molar-refractivity contribution is 5.34. The van der Waals surface area contributed by atoms with Crippen LogP contribution in [0, 0.1) is 0 Å². The number of hydrogen-bond acceptors (Lipinski definition) is 2. The van der Waals surface area contributed by atoms with Crippen LogP contribution in [0.3, 0.4) is 0 Å². The fourth-order valence-electron chi connectivity index (χ4n) is 1.68. The standard InChI is InChI=1S/C12H12F3N3/c13-12(14,15)11-17-9(6-7-16)8-18(11)10-4-2-1-3-5-10/h1-5,8H,6-7,16H2. The maximum Gasteiger partial charge on any atom is 0.450 e. The molecule has 1 heterocycles. The molecular weight excluding hydrogens is 243 g/mol. The molecule has 0 unspecified atom stereocenters. The molecule has 2 rings (SSSR count). The van der Waals surface area contributed by atoms with Gasteiger partial charge in [0.05, 0.1) is 5.69 Å². The van der Waals surface area contributed by atoms with Gasteiger partial charge in [0.25, 0.3) is 0 Å². The summed E-state index contributed by atoms with van der Waals surface area (Å²) < 4.78 is 39.7. The first-order valence-electron chi connectivity index (χ1n) is 5.43. The molecule has 96 valence electrons. The number of alkyl halides is 3. The van der Waals surface area contributed by atoms with Gasteiger partial charge in [-0.3, -0.25) is 4.57 Å². The van der Waals surface area contributed by atoms with Crippen LogP contribution in [0.15, 0.2) is 36.5 Å². The van der Waals surface area contributed by atoms with Gasteiger partial charge in [0.1, 0.15) is 0 Å². The number of imidazole rings is 1. The summed E-state index contributed by atoms with van der Waals surface area (Å²) in [7, 11) is 0. The van der Waals surface area contributed by atoms with E-state index in [1.54, 1.807) is 30.3 Å². The van der Waals surface area contributed by atoms with Crippen LogP contribution in [0.25, 0.3) is 5.69 Å². The number of para-hydroxylation sites is 1. The minimum Gasteiger partial charge on any atom is -0.330 e. The van der Waals surface area contributed by atoms with Crippen molar-refractivity contribution in [1.29, 1.82) is 0 Å². The van der Waals surface area contributed by atoms with E-state index >= 15 is 0 Å². The van der Waals surface area contributed by atoms with Crippen molar-refractivity contribution in [3.8, 4) is 5.69 Å². The second-order valence-electron chi connectivity index (χ2n) is 3.80. The quantitative estimate of drug-likeness (QED) is 0.915. The number of aromatic nitrogens is 2. The van der Waals surface area contributed by atoms with Crippen molar-refractivity contribution in [1.82, 2.24) is 9.55 Å². The fraction of sp³-hybridized carbons (Fsp3) is 0.250.